The lowest BCUT2D eigenvalue weighted by molar-refractivity contribution is 0.0982. The number of hydrogen-bond donors (Lipinski definition) is 1. The third kappa shape index (κ3) is 3.94. The SMILES string of the molecule is CCC(C)c1ccc(O)c(CCC(=O)c2ccccc2)c1. The van der Waals surface area contributed by atoms with E-state index in [1.54, 1.807) is 6.07 Å². The van der Waals surface area contributed by atoms with Gasteiger partial charge in [-0.15, -0.1) is 0 Å². The minimum absolute atomic E-state index is 0.115. The molecule has 0 aliphatic rings. The second-order valence-corrected chi connectivity index (χ2v) is 5.49. The predicted octanol–water partition coefficient (Wildman–Crippen LogP) is 4.72. The summed E-state index contributed by atoms with van der Waals surface area (Å²) >= 11 is 0. The molecule has 2 nitrogen and oxygen atoms in total. The summed E-state index contributed by atoms with van der Waals surface area (Å²) in [4.78, 5) is 12.1. The van der Waals surface area contributed by atoms with E-state index in [0.717, 1.165) is 17.5 Å². The standard InChI is InChI=1S/C19H22O2/c1-3-14(2)16-9-11-19(21)17(13-16)10-12-18(20)15-7-5-4-6-8-15/h4-9,11,13-14,21H,3,10,12H2,1-2H3. The van der Waals surface area contributed by atoms with E-state index in [0.29, 0.717) is 18.8 Å². The van der Waals surface area contributed by atoms with Crippen LogP contribution in [0.2, 0.25) is 0 Å². The third-order valence-electron chi connectivity index (χ3n) is 4.00. The third-order valence-corrected chi connectivity index (χ3v) is 4.00. The maximum Gasteiger partial charge on any atom is 0.163 e. The maximum absolute atomic E-state index is 12.1. The Kier molecular flexibility index (Phi) is 5.15. The smallest absolute Gasteiger partial charge is 0.163 e. The second kappa shape index (κ2) is 7.07. The molecule has 1 N–H and O–H groups in total. The Balaban J connectivity index is 2.07. The van der Waals surface area contributed by atoms with Gasteiger partial charge in [0.25, 0.3) is 0 Å². The van der Waals surface area contributed by atoms with Crippen LogP contribution < -0.4 is 0 Å². The number of phenols is 1. The minimum atomic E-state index is 0.115. The lowest BCUT2D eigenvalue weighted by Crippen LogP contribution is -2.02. The Hall–Kier alpha value is -2.09. The first kappa shape index (κ1) is 15.3. The number of hydrogen-bond acceptors (Lipinski definition) is 2. The molecule has 0 bridgehead atoms. The lowest BCUT2D eigenvalue weighted by atomic mass is 9.94. The molecule has 2 aromatic carbocycles. The number of phenolic OH excluding ortho intramolecular Hbond substituents is 1. The summed E-state index contributed by atoms with van der Waals surface area (Å²) in [5, 5.41) is 9.96. The average molecular weight is 282 g/mol. The van der Waals surface area contributed by atoms with Crippen molar-refractivity contribution in [1.29, 1.82) is 0 Å². The van der Waals surface area contributed by atoms with E-state index in [4.69, 9.17) is 0 Å². The molecule has 0 heterocycles. The number of aromatic hydroxyl groups is 1. The maximum atomic E-state index is 12.1. The van der Waals surface area contributed by atoms with Gasteiger partial charge >= 0.3 is 0 Å². The zero-order valence-electron chi connectivity index (χ0n) is 12.7. The molecule has 1 unspecified atom stereocenters. The van der Waals surface area contributed by atoms with Gasteiger partial charge < -0.3 is 5.11 Å². The molecule has 0 radical (unpaired) electrons. The molecule has 1 atom stereocenters. The fourth-order valence-corrected chi connectivity index (χ4v) is 2.36. The summed E-state index contributed by atoms with van der Waals surface area (Å²) in [5.74, 6) is 0.862. The highest BCUT2D eigenvalue weighted by atomic mass is 16.3. The van der Waals surface area contributed by atoms with Crippen molar-refractivity contribution in [3.8, 4) is 5.75 Å². The Morgan fingerprint density at radius 3 is 2.52 bits per heavy atom. The molecule has 2 aromatic rings. The lowest BCUT2D eigenvalue weighted by Gasteiger charge is -2.12. The number of aryl methyl sites for hydroxylation is 1. The van der Waals surface area contributed by atoms with Crippen LogP contribution in [0.1, 0.15) is 54.1 Å². The summed E-state index contributed by atoms with van der Waals surface area (Å²) in [6, 6.07) is 15.0. The van der Waals surface area contributed by atoms with Crippen molar-refractivity contribution in [2.75, 3.05) is 0 Å². The van der Waals surface area contributed by atoms with Crippen LogP contribution in [0.4, 0.5) is 0 Å². The molecule has 0 fully saturated rings. The van der Waals surface area contributed by atoms with E-state index in [-0.39, 0.29) is 11.5 Å². The van der Waals surface area contributed by atoms with Crippen molar-refractivity contribution in [2.45, 2.75) is 39.0 Å². The topological polar surface area (TPSA) is 37.3 Å². The van der Waals surface area contributed by atoms with Crippen molar-refractivity contribution in [2.24, 2.45) is 0 Å². The predicted molar refractivity (Wildman–Crippen MR) is 85.9 cm³/mol. The zero-order valence-corrected chi connectivity index (χ0v) is 12.7. The quantitative estimate of drug-likeness (QED) is 0.778. The molecule has 110 valence electrons. The Labute approximate surface area is 126 Å². The van der Waals surface area contributed by atoms with Crippen LogP contribution in [-0.2, 0) is 6.42 Å². The van der Waals surface area contributed by atoms with Gasteiger partial charge in [-0.2, -0.15) is 0 Å². The molecule has 2 rings (SSSR count). The van der Waals surface area contributed by atoms with Gasteiger partial charge in [0.15, 0.2) is 5.78 Å². The van der Waals surface area contributed by atoms with Crippen LogP contribution in [0, 0.1) is 0 Å². The van der Waals surface area contributed by atoms with Crippen molar-refractivity contribution in [1.82, 2.24) is 0 Å². The first-order chi connectivity index (χ1) is 10.1. The molecule has 0 aliphatic heterocycles. The van der Waals surface area contributed by atoms with Crippen LogP contribution >= 0.6 is 0 Å². The molecule has 2 heteroatoms. The minimum Gasteiger partial charge on any atom is -0.508 e. The molecule has 21 heavy (non-hydrogen) atoms. The van der Waals surface area contributed by atoms with Crippen molar-refractivity contribution in [3.63, 3.8) is 0 Å². The average Bonchev–Trinajstić information content (AvgIpc) is 2.53. The molecular formula is C19H22O2. The molecular weight excluding hydrogens is 260 g/mol. The highest BCUT2D eigenvalue weighted by molar-refractivity contribution is 5.96. The van der Waals surface area contributed by atoms with Crippen LogP contribution in [0.15, 0.2) is 48.5 Å². The summed E-state index contributed by atoms with van der Waals surface area (Å²) in [6.07, 6.45) is 2.05. The van der Waals surface area contributed by atoms with Gasteiger partial charge in [0.2, 0.25) is 0 Å². The summed E-state index contributed by atoms with van der Waals surface area (Å²) < 4.78 is 0. The van der Waals surface area contributed by atoms with E-state index >= 15 is 0 Å². The summed E-state index contributed by atoms with van der Waals surface area (Å²) in [7, 11) is 0. The number of ketones is 1. The van der Waals surface area contributed by atoms with Crippen LogP contribution in [-0.4, -0.2) is 10.9 Å². The number of benzene rings is 2. The fraction of sp³-hybridized carbons (Fsp3) is 0.316. The largest absolute Gasteiger partial charge is 0.508 e. The van der Waals surface area contributed by atoms with E-state index in [9.17, 15) is 9.90 Å². The molecule has 0 aromatic heterocycles. The van der Waals surface area contributed by atoms with Gasteiger partial charge in [-0.3, -0.25) is 4.79 Å². The number of carbonyl (C=O) groups excluding carboxylic acids is 1. The van der Waals surface area contributed by atoms with Crippen molar-refractivity contribution < 1.29 is 9.90 Å². The monoisotopic (exact) mass is 282 g/mol. The number of Topliss-reactive ketones (excluding diaryl/α,β-unsaturated/α-hetero) is 1. The second-order valence-electron chi connectivity index (χ2n) is 5.49. The Morgan fingerprint density at radius 2 is 1.86 bits per heavy atom. The van der Waals surface area contributed by atoms with Crippen LogP contribution in [0.5, 0.6) is 5.75 Å². The molecule has 0 saturated carbocycles. The summed E-state index contributed by atoms with van der Waals surface area (Å²) in [6.45, 7) is 4.32. The highest BCUT2D eigenvalue weighted by Gasteiger charge is 2.10. The van der Waals surface area contributed by atoms with E-state index in [1.807, 2.05) is 42.5 Å². The van der Waals surface area contributed by atoms with Gasteiger partial charge in [0, 0.05) is 12.0 Å². The zero-order chi connectivity index (χ0) is 15.2. The molecule has 0 aliphatic carbocycles. The first-order valence-corrected chi connectivity index (χ1v) is 7.51. The van der Waals surface area contributed by atoms with Gasteiger partial charge in [0.1, 0.15) is 5.75 Å². The van der Waals surface area contributed by atoms with Crippen molar-refractivity contribution in [3.05, 3.63) is 65.2 Å². The van der Waals surface area contributed by atoms with Gasteiger partial charge in [0.05, 0.1) is 0 Å². The van der Waals surface area contributed by atoms with Crippen molar-refractivity contribution >= 4 is 5.78 Å². The number of rotatable bonds is 6. The number of carbonyl (C=O) groups is 1. The van der Waals surface area contributed by atoms with E-state index < -0.39 is 0 Å². The highest BCUT2D eigenvalue weighted by Crippen LogP contribution is 2.26. The van der Waals surface area contributed by atoms with Gasteiger partial charge in [-0.25, -0.2) is 0 Å². The molecule has 0 amide bonds. The van der Waals surface area contributed by atoms with Crippen LogP contribution in [0.3, 0.4) is 0 Å². The van der Waals surface area contributed by atoms with E-state index in [1.165, 1.54) is 5.56 Å². The Morgan fingerprint density at radius 1 is 1.14 bits per heavy atom. The van der Waals surface area contributed by atoms with Crippen LogP contribution in [0.25, 0.3) is 0 Å². The normalized spacial score (nSPS) is 12.1. The first-order valence-electron chi connectivity index (χ1n) is 7.51. The molecule has 0 saturated heterocycles. The Bertz CT molecular complexity index is 602. The van der Waals surface area contributed by atoms with E-state index in [2.05, 4.69) is 13.8 Å². The fourth-order valence-electron chi connectivity index (χ4n) is 2.36. The van der Waals surface area contributed by atoms with Gasteiger partial charge in [-0.1, -0.05) is 56.3 Å². The van der Waals surface area contributed by atoms with Gasteiger partial charge in [-0.05, 0) is 36.0 Å². The summed E-state index contributed by atoms with van der Waals surface area (Å²) in [5.41, 5.74) is 2.81. The molecule has 0 spiro atoms.